The van der Waals surface area contributed by atoms with Crippen molar-refractivity contribution in [3.8, 4) is 0 Å². The van der Waals surface area contributed by atoms with Crippen molar-refractivity contribution >= 4 is 16.7 Å². The molecule has 0 aliphatic heterocycles. The van der Waals surface area contributed by atoms with Crippen LogP contribution in [0.4, 0.5) is 0 Å². The molecule has 0 spiro atoms. The molecule has 4 rings (SSSR count). The third-order valence-electron chi connectivity index (χ3n) is 6.80. The number of carbonyl (C=O) groups excluding carboxylic acids is 1. The number of fused-ring (bicyclic) bond motifs is 1. The number of nitrogens with zero attached hydrogens (tertiary/aromatic N) is 1. The zero-order valence-electron chi connectivity index (χ0n) is 21.9. The van der Waals surface area contributed by atoms with Crippen molar-refractivity contribution in [1.82, 2.24) is 4.90 Å². The average Bonchev–Trinajstić information content (AvgIpc) is 2.96. The number of aliphatic hydroxyl groups excluding tert-OH is 2. The van der Waals surface area contributed by atoms with E-state index in [1.807, 2.05) is 110 Å². The Morgan fingerprint density at radius 3 is 1.95 bits per heavy atom. The molecule has 0 aliphatic rings. The molecule has 0 aromatic heterocycles. The molecule has 1 amide bonds. The van der Waals surface area contributed by atoms with E-state index in [1.165, 1.54) is 0 Å². The Balaban J connectivity index is 1.54. The van der Waals surface area contributed by atoms with E-state index >= 15 is 0 Å². The van der Waals surface area contributed by atoms with Crippen LogP contribution in [0.15, 0.2) is 103 Å². The number of unbranched alkanes of at least 4 members (excludes halogenated alkanes) is 1. The summed E-state index contributed by atoms with van der Waals surface area (Å²) in [6, 6.07) is 33.5. The van der Waals surface area contributed by atoms with Crippen LogP contribution in [0.5, 0.6) is 0 Å². The zero-order chi connectivity index (χ0) is 26.7. The molecule has 4 aromatic rings. The summed E-state index contributed by atoms with van der Waals surface area (Å²) in [5, 5.41) is 24.6. The van der Waals surface area contributed by atoms with Gasteiger partial charge in [-0.25, -0.2) is 0 Å². The van der Waals surface area contributed by atoms with Crippen LogP contribution in [-0.4, -0.2) is 39.3 Å². The van der Waals surface area contributed by atoms with Crippen LogP contribution in [-0.2, 0) is 29.2 Å². The molecular weight excluding hydrogens is 474 g/mol. The maximum absolute atomic E-state index is 13.7. The zero-order valence-corrected chi connectivity index (χ0v) is 21.9. The maximum atomic E-state index is 13.7. The third kappa shape index (κ3) is 7.51. The lowest BCUT2D eigenvalue weighted by molar-refractivity contribution is -0.160. The first-order chi connectivity index (χ1) is 18.5. The summed E-state index contributed by atoms with van der Waals surface area (Å²) in [4.78, 5) is 15.4. The van der Waals surface area contributed by atoms with Crippen molar-refractivity contribution < 1.29 is 19.7 Å². The highest BCUT2D eigenvalue weighted by molar-refractivity contribution is 5.83. The Labute approximate surface area is 225 Å². The van der Waals surface area contributed by atoms with Crippen molar-refractivity contribution in [2.24, 2.45) is 0 Å². The van der Waals surface area contributed by atoms with Crippen molar-refractivity contribution in [3.63, 3.8) is 0 Å². The lowest BCUT2D eigenvalue weighted by Gasteiger charge is -2.32. The molecule has 5 heteroatoms. The number of benzene rings is 4. The van der Waals surface area contributed by atoms with Crippen molar-refractivity contribution in [2.75, 3.05) is 0 Å². The fourth-order valence-corrected chi connectivity index (χ4v) is 4.66. The van der Waals surface area contributed by atoms with Crippen molar-refractivity contribution in [2.45, 2.75) is 64.2 Å². The van der Waals surface area contributed by atoms with Crippen LogP contribution < -0.4 is 0 Å². The van der Waals surface area contributed by atoms with E-state index in [4.69, 9.17) is 4.74 Å². The maximum Gasteiger partial charge on any atom is 0.254 e. The molecule has 0 saturated heterocycles. The molecule has 0 aliphatic carbocycles. The van der Waals surface area contributed by atoms with Gasteiger partial charge < -0.3 is 19.8 Å². The van der Waals surface area contributed by atoms with Gasteiger partial charge in [-0.2, -0.15) is 0 Å². The first kappa shape index (κ1) is 27.5. The SMILES string of the molecule is CCCCC(O)C(OCc1ccc2ccccc2c1)C(O)C(=O)N(Cc1ccccc1)Cc1ccccc1. The molecule has 5 nitrogen and oxygen atoms in total. The Kier molecular flexibility index (Phi) is 10.0. The molecule has 0 bridgehead atoms. The van der Waals surface area contributed by atoms with Gasteiger partial charge in [0.15, 0.2) is 6.10 Å². The largest absolute Gasteiger partial charge is 0.390 e. The number of carbonyl (C=O) groups is 1. The molecule has 0 fully saturated rings. The Morgan fingerprint density at radius 2 is 1.34 bits per heavy atom. The standard InChI is InChI=1S/C33H37NO4/c1-2-3-18-30(35)32(38-24-27-19-20-28-16-10-11-17-29(28)21-27)31(36)33(37)34(22-25-12-6-4-7-13-25)23-26-14-8-5-9-15-26/h4-17,19-21,30-32,35-36H,2-3,18,22-24H2,1H3. The normalized spacial score (nSPS) is 13.7. The molecule has 3 unspecified atom stereocenters. The second-order valence-electron chi connectivity index (χ2n) is 9.78. The van der Waals surface area contributed by atoms with Gasteiger partial charge >= 0.3 is 0 Å². The van der Waals surface area contributed by atoms with Gasteiger partial charge in [0.1, 0.15) is 6.10 Å². The van der Waals surface area contributed by atoms with Gasteiger partial charge in [-0.15, -0.1) is 0 Å². The van der Waals surface area contributed by atoms with E-state index in [0.717, 1.165) is 40.3 Å². The minimum absolute atomic E-state index is 0.181. The molecule has 0 radical (unpaired) electrons. The van der Waals surface area contributed by atoms with Gasteiger partial charge in [0.25, 0.3) is 5.91 Å². The van der Waals surface area contributed by atoms with Gasteiger partial charge in [0.2, 0.25) is 0 Å². The van der Waals surface area contributed by atoms with Gasteiger partial charge in [0, 0.05) is 13.1 Å². The minimum atomic E-state index is -1.50. The van der Waals surface area contributed by atoms with Crippen LogP contribution in [0.2, 0.25) is 0 Å². The van der Waals surface area contributed by atoms with Gasteiger partial charge in [-0.05, 0) is 39.9 Å². The minimum Gasteiger partial charge on any atom is -0.390 e. The molecule has 0 saturated carbocycles. The highest BCUT2D eigenvalue weighted by Crippen LogP contribution is 2.21. The number of hydrogen-bond acceptors (Lipinski definition) is 4. The smallest absolute Gasteiger partial charge is 0.254 e. The van der Waals surface area contributed by atoms with Gasteiger partial charge in [-0.1, -0.05) is 117 Å². The second-order valence-corrected chi connectivity index (χ2v) is 9.78. The van der Waals surface area contributed by atoms with Crippen LogP contribution in [0.3, 0.4) is 0 Å². The number of amides is 1. The van der Waals surface area contributed by atoms with Crippen LogP contribution in [0, 0.1) is 0 Å². The number of hydrogen-bond donors (Lipinski definition) is 2. The molecule has 3 atom stereocenters. The van der Waals surface area contributed by atoms with E-state index in [1.54, 1.807) is 4.90 Å². The molecule has 0 heterocycles. The van der Waals surface area contributed by atoms with E-state index in [9.17, 15) is 15.0 Å². The molecule has 2 N–H and O–H groups in total. The quantitative estimate of drug-likeness (QED) is 0.236. The predicted molar refractivity (Wildman–Crippen MR) is 151 cm³/mol. The lowest BCUT2D eigenvalue weighted by Crippen LogP contribution is -2.49. The number of aliphatic hydroxyl groups is 2. The molecule has 198 valence electrons. The van der Waals surface area contributed by atoms with Gasteiger partial charge in [-0.3, -0.25) is 4.79 Å². The first-order valence-corrected chi connectivity index (χ1v) is 13.4. The Hall–Kier alpha value is -3.51. The van der Waals surface area contributed by atoms with E-state index in [2.05, 4.69) is 0 Å². The van der Waals surface area contributed by atoms with E-state index in [0.29, 0.717) is 19.5 Å². The van der Waals surface area contributed by atoms with E-state index < -0.39 is 24.2 Å². The number of ether oxygens (including phenoxy) is 1. The summed E-state index contributed by atoms with van der Waals surface area (Å²) in [5.74, 6) is -0.461. The van der Waals surface area contributed by atoms with Crippen molar-refractivity contribution in [3.05, 3.63) is 120 Å². The summed E-state index contributed by atoms with van der Waals surface area (Å²) >= 11 is 0. The first-order valence-electron chi connectivity index (χ1n) is 13.4. The second kappa shape index (κ2) is 13.9. The Morgan fingerprint density at radius 1 is 0.763 bits per heavy atom. The van der Waals surface area contributed by atoms with E-state index in [-0.39, 0.29) is 6.61 Å². The topological polar surface area (TPSA) is 70.0 Å². The summed E-state index contributed by atoms with van der Waals surface area (Å²) in [6.07, 6.45) is -1.41. The fraction of sp³-hybridized carbons (Fsp3) is 0.303. The molecular formula is C33H37NO4. The highest BCUT2D eigenvalue weighted by atomic mass is 16.5. The lowest BCUT2D eigenvalue weighted by atomic mass is 10.0. The fourth-order valence-electron chi connectivity index (χ4n) is 4.66. The Bertz CT molecular complexity index is 1240. The number of rotatable bonds is 13. The monoisotopic (exact) mass is 511 g/mol. The molecule has 38 heavy (non-hydrogen) atoms. The summed E-state index contributed by atoms with van der Waals surface area (Å²) < 4.78 is 6.12. The average molecular weight is 512 g/mol. The van der Waals surface area contributed by atoms with Crippen LogP contribution >= 0.6 is 0 Å². The summed E-state index contributed by atoms with van der Waals surface area (Å²) in [5.41, 5.74) is 2.84. The van der Waals surface area contributed by atoms with Crippen LogP contribution in [0.25, 0.3) is 10.8 Å². The third-order valence-corrected chi connectivity index (χ3v) is 6.80. The molecule has 4 aromatic carbocycles. The van der Waals surface area contributed by atoms with Crippen molar-refractivity contribution in [1.29, 1.82) is 0 Å². The predicted octanol–water partition coefficient (Wildman–Crippen LogP) is 5.87. The summed E-state index contributed by atoms with van der Waals surface area (Å²) in [7, 11) is 0. The summed E-state index contributed by atoms with van der Waals surface area (Å²) in [6.45, 7) is 2.91. The highest BCUT2D eigenvalue weighted by Gasteiger charge is 2.35. The van der Waals surface area contributed by atoms with Gasteiger partial charge in [0.05, 0.1) is 12.7 Å². The van der Waals surface area contributed by atoms with Crippen LogP contribution in [0.1, 0.15) is 42.9 Å².